The van der Waals surface area contributed by atoms with Gasteiger partial charge in [0, 0.05) is 27.3 Å². The number of hydrogen-bond donors (Lipinski definition) is 2. The van der Waals surface area contributed by atoms with Gasteiger partial charge in [0.05, 0.1) is 5.56 Å². The molecule has 7 heteroatoms. The summed E-state index contributed by atoms with van der Waals surface area (Å²) in [5, 5.41) is 11.5. The number of carbonyl (C=O) groups is 2. The van der Waals surface area contributed by atoms with Crippen LogP contribution in [0.1, 0.15) is 22.8 Å². The maximum absolute atomic E-state index is 12.4. The molecule has 2 N–H and O–H groups in total. The molecule has 2 aromatic rings. The lowest BCUT2D eigenvalue weighted by atomic mass is 10.1. The molecule has 0 saturated heterocycles. The van der Waals surface area contributed by atoms with E-state index in [-0.39, 0.29) is 17.2 Å². The molecule has 0 aliphatic carbocycles. The molecule has 0 saturated carbocycles. The summed E-state index contributed by atoms with van der Waals surface area (Å²) in [4.78, 5) is 23.1. The van der Waals surface area contributed by atoms with E-state index in [1.54, 1.807) is 43.3 Å². The van der Waals surface area contributed by atoms with Crippen molar-refractivity contribution in [2.45, 2.75) is 17.9 Å². The van der Waals surface area contributed by atoms with Crippen LogP contribution >= 0.6 is 11.6 Å². The summed E-state index contributed by atoms with van der Waals surface area (Å²) in [6.45, 7) is 1.57. The summed E-state index contributed by atoms with van der Waals surface area (Å²) in [6.07, 6.45) is 0. The molecule has 24 heavy (non-hydrogen) atoms. The van der Waals surface area contributed by atoms with Crippen molar-refractivity contribution in [3.05, 3.63) is 64.7 Å². The third-order valence-corrected chi connectivity index (χ3v) is 5.23. The highest BCUT2D eigenvalue weighted by Gasteiger charge is 2.20. The average molecular weight is 366 g/mol. The van der Waals surface area contributed by atoms with E-state index in [0.29, 0.717) is 16.3 Å². The van der Waals surface area contributed by atoms with E-state index in [4.69, 9.17) is 16.7 Å². The summed E-state index contributed by atoms with van der Waals surface area (Å²) in [7, 11) is -1.48. The molecular weight excluding hydrogens is 350 g/mol. The van der Waals surface area contributed by atoms with E-state index in [1.807, 2.05) is 0 Å². The molecule has 0 heterocycles. The quantitative estimate of drug-likeness (QED) is 0.822. The zero-order valence-corrected chi connectivity index (χ0v) is 14.4. The Hall–Kier alpha value is -2.18. The molecule has 0 bridgehead atoms. The largest absolute Gasteiger partial charge is 0.478 e. The molecule has 2 unspecified atom stereocenters. The van der Waals surface area contributed by atoms with Gasteiger partial charge in [0.25, 0.3) is 0 Å². The van der Waals surface area contributed by atoms with E-state index in [1.165, 1.54) is 12.1 Å². The number of rotatable bonds is 6. The van der Waals surface area contributed by atoms with Crippen molar-refractivity contribution in [2.24, 2.45) is 0 Å². The van der Waals surface area contributed by atoms with Gasteiger partial charge in [0.15, 0.2) is 0 Å². The Labute approximate surface area is 147 Å². The number of halogens is 1. The number of benzene rings is 2. The Morgan fingerprint density at radius 3 is 2.50 bits per heavy atom. The first-order valence-electron chi connectivity index (χ1n) is 7.12. The monoisotopic (exact) mass is 365 g/mol. The third-order valence-electron chi connectivity index (χ3n) is 3.36. The third kappa shape index (κ3) is 4.91. The molecule has 2 atom stereocenters. The van der Waals surface area contributed by atoms with Gasteiger partial charge in [0.1, 0.15) is 5.25 Å². The first-order chi connectivity index (χ1) is 11.4. The Morgan fingerprint density at radius 2 is 1.88 bits per heavy atom. The Balaban J connectivity index is 2.00. The SMILES string of the molecule is CC(C(=O)Nc1ccc(Cl)cc1)S(=O)Cc1cccc(C(=O)O)c1. The van der Waals surface area contributed by atoms with Crippen LogP contribution in [0, 0.1) is 0 Å². The number of anilines is 1. The number of amides is 1. The first-order valence-corrected chi connectivity index (χ1v) is 8.88. The molecule has 0 spiro atoms. The number of aromatic carboxylic acids is 1. The minimum Gasteiger partial charge on any atom is -0.478 e. The van der Waals surface area contributed by atoms with Crippen LogP contribution in [0.4, 0.5) is 5.69 Å². The van der Waals surface area contributed by atoms with Gasteiger partial charge in [-0.2, -0.15) is 0 Å². The smallest absolute Gasteiger partial charge is 0.335 e. The summed E-state index contributed by atoms with van der Waals surface area (Å²) in [5.41, 5.74) is 1.31. The Kier molecular flexibility index (Phi) is 6.11. The molecule has 0 aliphatic rings. The van der Waals surface area contributed by atoms with E-state index < -0.39 is 22.0 Å². The number of carbonyl (C=O) groups excluding carboxylic acids is 1. The highest BCUT2D eigenvalue weighted by molar-refractivity contribution is 7.85. The van der Waals surface area contributed by atoms with Gasteiger partial charge in [-0.05, 0) is 48.9 Å². The Morgan fingerprint density at radius 1 is 1.21 bits per heavy atom. The van der Waals surface area contributed by atoms with E-state index in [2.05, 4.69) is 5.32 Å². The highest BCUT2D eigenvalue weighted by atomic mass is 35.5. The predicted octanol–water partition coefficient (Wildman–Crippen LogP) is 3.31. The van der Waals surface area contributed by atoms with Gasteiger partial charge in [-0.25, -0.2) is 4.79 Å². The molecule has 0 fully saturated rings. The molecular formula is C17H16ClNO4S. The summed E-state index contributed by atoms with van der Waals surface area (Å²) in [6, 6.07) is 12.8. The summed E-state index contributed by atoms with van der Waals surface area (Å²) in [5.74, 6) is -1.31. The molecule has 1 amide bonds. The standard InChI is InChI=1S/C17H16ClNO4S/c1-11(16(20)19-15-7-5-14(18)6-8-15)24(23)10-12-3-2-4-13(9-12)17(21)22/h2-9,11H,10H2,1H3,(H,19,20)(H,21,22). The Bertz CT molecular complexity index is 776. The van der Waals surface area contributed by atoms with Crippen LogP contribution in [0.3, 0.4) is 0 Å². The molecule has 5 nitrogen and oxygen atoms in total. The molecule has 0 aromatic heterocycles. The minimum atomic E-state index is -1.48. The zero-order valence-electron chi connectivity index (χ0n) is 12.9. The van der Waals surface area contributed by atoms with Crippen molar-refractivity contribution in [3.63, 3.8) is 0 Å². The van der Waals surface area contributed by atoms with Crippen molar-refractivity contribution in [2.75, 3.05) is 5.32 Å². The average Bonchev–Trinajstić information content (AvgIpc) is 2.56. The van der Waals surface area contributed by atoms with Crippen LogP contribution in [0.2, 0.25) is 5.02 Å². The number of nitrogens with one attached hydrogen (secondary N) is 1. The van der Waals surface area contributed by atoms with Gasteiger partial charge >= 0.3 is 5.97 Å². The lowest BCUT2D eigenvalue weighted by molar-refractivity contribution is -0.115. The van der Waals surface area contributed by atoms with Crippen molar-refractivity contribution >= 4 is 40.0 Å². The van der Waals surface area contributed by atoms with Crippen molar-refractivity contribution in [1.29, 1.82) is 0 Å². The zero-order chi connectivity index (χ0) is 17.7. The fourth-order valence-corrected chi connectivity index (χ4v) is 3.16. The van der Waals surface area contributed by atoms with Crippen LogP contribution < -0.4 is 5.32 Å². The summed E-state index contributed by atoms with van der Waals surface area (Å²) < 4.78 is 12.4. The summed E-state index contributed by atoms with van der Waals surface area (Å²) >= 11 is 5.78. The molecule has 2 rings (SSSR count). The molecule has 0 aliphatic heterocycles. The second kappa shape index (κ2) is 8.08. The van der Waals surface area contributed by atoms with Gasteiger partial charge in [0.2, 0.25) is 5.91 Å². The van der Waals surface area contributed by atoms with Crippen LogP contribution in [-0.2, 0) is 21.3 Å². The van der Waals surface area contributed by atoms with Crippen LogP contribution in [0.15, 0.2) is 48.5 Å². The van der Waals surface area contributed by atoms with Crippen LogP contribution in [0.25, 0.3) is 0 Å². The highest BCUT2D eigenvalue weighted by Crippen LogP contribution is 2.15. The second-order valence-electron chi connectivity index (χ2n) is 5.17. The topological polar surface area (TPSA) is 83.5 Å². The predicted molar refractivity (Wildman–Crippen MR) is 94.8 cm³/mol. The van der Waals surface area contributed by atoms with Gasteiger partial charge in [-0.15, -0.1) is 0 Å². The number of carboxylic acid groups (broad SMARTS) is 1. The first kappa shape index (κ1) is 18.2. The number of carboxylic acids is 1. The second-order valence-corrected chi connectivity index (χ2v) is 7.36. The van der Waals surface area contributed by atoms with Crippen molar-refractivity contribution < 1.29 is 18.9 Å². The molecule has 2 aromatic carbocycles. The van der Waals surface area contributed by atoms with Gasteiger partial charge < -0.3 is 10.4 Å². The van der Waals surface area contributed by atoms with E-state index in [9.17, 15) is 13.8 Å². The molecule has 126 valence electrons. The van der Waals surface area contributed by atoms with Crippen LogP contribution in [0.5, 0.6) is 0 Å². The lowest BCUT2D eigenvalue weighted by Gasteiger charge is -2.12. The van der Waals surface area contributed by atoms with E-state index >= 15 is 0 Å². The molecule has 0 radical (unpaired) electrons. The maximum Gasteiger partial charge on any atom is 0.335 e. The number of hydrogen-bond acceptors (Lipinski definition) is 3. The van der Waals surface area contributed by atoms with Gasteiger partial charge in [-0.3, -0.25) is 9.00 Å². The fourth-order valence-electron chi connectivity index (χ4n) is 1.98. The van der Waals surface area contributed by atoms with Gasteiger partial charge in [-0.1, -0.05) is 23.7 Å². The minimum absolute atomic E-state index is 0.107. The van der Waals surface area contributed by atoms with Crippen molar-refractivity contribution in [3.8, 4) is 0 Å². The van der Waals surface area contributed by atoms with Crippen molar-refractivity contribution in [1.82, 2.24) is 0 Å². The van der Waals surface area contributed by atoms with Crippen LogP contribution in [-0.4, -0.2) is 26.4 Å². The van der Waals surface area contributed by atoms with E-state index in [0.717, 1.165) is 0 Å². The normalized spacial score (nSPS) is 13.1. The maximum atomic E-state index is 12.4. The lowest BCUT2D eigenvalue weighted by Crippen LogP contribution is -2.29. The fraction of sp³-hybridized carbons (Fsp3) is 0.176.